The fourth-order valence-electron chi connectivity index (χ4n) is 1.48. The van der Waals surface area contributed by atoms with Crippen LogP contribution in [0.25, 0.3) is 0 Å². The zero-order valence-electron chi connectivity index (χ0n) is 10.6. The Morgan fingerprint density at radius 1 is 1.14 bits per heavy atom. The van der Waals surface area contributed by atoms with Gasteiger partial charge in [-0.2, -0.15) is 0 Å². The number of benzene rings is 1. The van der Waals surface area contributed by atoms with Crippen molar-refractivity contribution in [1.82, 2.24) is 0 Å². The van der Waals surface area contributed by atoms with Crippen molar-refractivity contribution in [2.45, 2.75) is 6.92 Å². The second-order valence-corrected chi connectivity index (χ2v) is 4.96. The minimum absolute atomic E-state index is 0.0425. The second kappa shape index (κ2) is 5.67. The standard InChI is InChI=1S/C12H8N2O6S/c1-7(15)11-6-10(14(18)19)12(21-11)20-9-4-2-8(3-5-9)13(16)17/h2-6H,1H3. The molecule has 1 heterocycles. The van der Waals surface area contributed by atoms with Crippen LogP contribution in [0.3, 0.4) is 0 Å². The number of nitro benzene ring substituents is 1. The van der Waals surface area contributed by atoms with Crippen LogP contribution in [-0.4, -0.2) is 15.6 Å². The summed E-state index contributed by atoms with van der Waals surface area (Å²) in [6, 6.07) is 6.25. The monoisotopic (exact) mass is 308 g/mol. The fourth-order valence-corrected chi connectivity index (χ4v) is 2.37. The maximum absolute atomic E-state index is 11.3. The number of non-ortho nitro benzene ring substituents is 1. The van der Waals surface area contributed by atoms with E-state index in [9.17, 15) is 25.0 Å². The quantitative estimate of drug-likeness (QED) is 0.474. The van der Waals surface area contributed by atoms with Gasteiger partial charge in [-0.15, -0.1) is 0 Å². The Labute approximate surface area is 121 Å². The summed E-state index contributed by atoms with van der Waals surface area (Å²) >= 11 is 0.854. The summed E-state index contributed by atoms with van der Waals surface area (Å²) in [6.07, 6.45) is 0. The van der Waals surface area contributed by atoms with Crippen molar-refractivity contribution in [2.75, 3.05) is 0 Å². The number of ketones is 1. The molecule has 0 fully saturated rings. The maximum Gasteiger partial charge on any atom is 0.323 e. The van der Waals surface area contributed by atoms with Crippen LogP contribution < -0.4 is 4.74 Å². The van der Waals surface area contributed by atoms with E-state index in [1.165, 1.54) is 31.2 Å². The van der Waals surface area contributed by atoms with Crippen LogP contribution in [-0.2, 0) is 0 Å². The molecule has 9 heteroatoms. The normalized spacial score (nSPS) is 10.1. The van der Waals surface area contributed by atoms with Gasteiger partial charge in [-0.1, -0.05) is 11.3 Å². The number of hydrogen-bond acceptors (Lipinski definition) is 7. The average Bonchev–Trinajstić information content (AvgIpc) is 2.83. The molecule has 0 saturated heterocycles. The van der Waals surface area contributed by atoms with E-state index < -0.39 is 9.85 Å². The van der Waals surface area contributed by atoms with E-state index in [-0.39, 0.29) is 32.8 Å². The first-order valence-corrected chi connectivity index (χ1v) is 6.41. The van der Waals surface area contributed by atoms with E-state index in [0.29, 0.717) is 0 Å². The molecule has 21 heavy (non-hydrogen) atoms. The molecule has 2 aromatic rings. The van der Waals surface area contributed by atoms with Gasteiger partial charge < -0.3 is 4.74 Å². The highest BCUT2D eigenvalue weighted by atomic mass is 32.1. The molecule has 0 aliphatic carbocycles. The summed E-state index contributed by atoms with van der Waals surface area (Å²) in [5.74, 6) is -0.0951. The average molecular weight is 308 g/mol. The highest BCUT2D eigenvalue weighted by Gasteiger charge is 2.23. The number of ether oxygens (including phenoxy) is 1. The smallest absolute Gasteiger partial charge is 0.323 e. The summed E-state index contributed by atoms with van der Waals surface area (Å²) in [5, 5.41) is 21.4. The molecule has 0 unspecified atom stereocenters. The molecular formula is C12H8N2O6S. The third-order valence-electron chi connectivity index (χ3n) is 2.48. The lowest BCUT2D eigenvalue weighted by atomic mass is 10.3. The third kappa shape index (κ3) is 3.20. The highest BCUT2D eigenvalue weighted by molar-refractivity contribution is 7.16. The van der Waals surface area contributed by atoms with E-state index in [4.69, 9.17) is 4.74 Å². The van der Waals surface area contributed by atoms with Gasteiger partial charge in [0.15, 0.2) is 5.78 Å². The lowest BCUT2D eigenvalue weighted by Crippen LogP contribution is -1.90. The number of thiophene rings is 1. The van der Waals surface area contributed by atoms with Crippen molar-refractivity contribution in [3.05, 3.63) is 55.4 Å². The second-order valence-electron chi connectivity index (χ2n) is 3.95. The zero-order chi connectivity index (χ0) is 15.6. The van der Waals surface area contributed by atoms with Gasteiger partial charge in [-0.25, -0.2) is 0 Å². The minimum Gasteiger partial charge on any atom is -0.440 e. The van der Waals surface area contributed by atoms with Gasteiger partial charge in [0.25, 0.3) is 10.8 Å². The van der Waals surface area contributed by atoms with Crippen LogP contribution >= 0.6 is 11.3 Å². The molecule has 0 spiro atoms. The van der Waals surface area contributed by atoms with Crippen molar-refractivity contribution in [3.8, 4) is 10.8 Å². The number of nitro groups is 2. The summed E-state index contributed by atoms with van der Waals surface area (Å²) in [5.41, 5.74) is -0.434. The van der Waals surface area contributed by atoms with Crippen LogP contribution in [0.15, 0.2) is 30.3 Å². The van der Waals surface area contributed by atoms with Crippen LogP contribution in [0.2, 0.25) is 0 Å². The fraction of sp³-hybridized carbons (Fsp3) is 0.0833. The van der Waals surface area contributed by atoms with Crippen LogP contribution in [0.4, 0.5) is 11.4 Å². The molecule has 0 saturated carbocycles. The van der Waals surface area contributed by atoms with Crippen molar-refractivity contribution in [2.24, 2.45) is 0 Å². The van der Waals surface area contributed by atoms with Crippen molar-refractivity contribution >= 4 is 28.5 Å². The Kier molecular flexibility index (Phi) is 3.94. The van der Waals surface area contributed by atoms with E-state index in [0.717, 1.165) is 17.4 Å². The number of rotatable bonds is 5. The van der Waals surface area contributed by atoms with Crippen LogP contribution in [0.5, 0.6) is 10.8 Å². The van der Waals surface area contributed by atoms with Crippen LogP contribution in [0, 0.1) is 20.2 Å². The number of carbonyl (C=O) groups is 1. The van der Waals surface area contributed by atoms with E-state index in [1.807, 2.05) is 0 Å². The van der Waals surface area contributed by atoms with Gasteiger partial charge in [-0.3, -0.25) is 25.0 Å². The van der Waals surface area contributed by atoms with Gasteiger partial charge in [-0.05, 0) is 19.1 Å². The largest absolute Gasteiger partial charge is 0.440 e. The first-order valence-electron chi connectivity index (χ1n) is 5.60. The molecule has 108 valence electrons. The Balaban J connectivity index is 2.32. The molecule has 0 radical (unpaired) electrons. The maximum atomic E-state index is 11.3. The lowest BCUT2D eigenvalue weighted by molar-refractivity contribution is -0.385. The molecule has 2 rings (SSSR count). The predicted molar refractivity (Wildman–Crippen MR) is 74.1 cm³/mol. The first kappa shape index (κ1) is 14.6. The summed E-state index contributed by atoms with van der Waals surface area (Å²) in [7, 11) is 0. The van der Waals surface area contributed by atoms with Gasteiger partial charge in [0.1, 0.15) is 5.75 Å². The van der Waals surface area contributed by atoms with Gasteiger partial charge in [0.05, 0.1) is 14.7 Å². The van der Waals surface area contributed by atoms with Gasteiger partial charge >= 0.3 is 5.69 Å². The summed E-state index contributed by atoms with van der Waals surface area (Å²) in [4.78, 5) is 31.7. The molecule has 0 atom stereocenters. The molecule has 0 aliphatic rings. The predicted octanol–water partition coefficient (Wildman–Crippen LogP) is 3.56. The first-order chi connectivity index (χ1) is 9.88. The Morgan fingerprint density at radius 3 is 2.24 bits per heavy atom. The molecule has 8 nitrogen and oxygen atoms in total. The minimum atomic E-state index is -0.649. The molecule has 0 N–H and O–H groups in total. The van der Waals surface area contributed by atoms with E-state index in [1.54, 1.807) is 0 Å². The SMILES string of the molecule is CC(=O)c1cc([N+](=O)[O-])c(Oc2ccc([N+](=O)[O-])cc2)s1. The Bertz CT molecular complexity index is 722. The molecule has 0 bridgehead atoms. The highest BCUT2D eigenvalue weighted by Crippen LogP contribution is 2.40. The summed E-state index contributed by atoms with van der Waals surface area (Å²) < 4.78 is 5.34. The number of Topliss-reactive ketones (excluding diaryl/α,β-unsaturated/α-hetero) is 1. The molecule has 1 aromatic carbocycles. The zero-order valence-corrected chi connectivity index (χ0v) is 11.5. The number of hydrogen-bond donors (Lipinski definition) is 0. The number of carbonyl (C=O) groups excluding carboxylic acids is 1. The van der Waals surface area contributed by atoms with Gasteiger partial charge in [0, 0.05) is 18.2 Å². The van der Waals surface area contributed by atoms with Gasteiger partial charge in [0.2, 0.25) is 0 Å². The van der Waals surface area contributed by atoms with E-state index in [2.05, 4.69) is 0 Å². The van der Waals surface area contributed by atoms with E-state index >= 15 is 0 Å². The third-order valence-corrected chi connectivity index (χ3v) is 3.58. The molecular weight excluding hydrogens is 300 g/mol. The van der Waals surface area contributed by atoms with Crippen molar-refractivity contribution in [1.29, 1.82) is 0 Å². The molecule has 1 aromatic heterocycles. The Hall–Kier alpha value is -2.81. The van der Waals surface area contributed by atoms with Crippen molar-refractivity contribution < 1.29 is 19.4 Å². The van der Waals surface area contributed by atoms with Crippen LogP contribution in [0.1, 0.15) is 16.6 Å². The topological polar surface area (TPSA) is 113 Å². The Morgan fingerprint density at radius 2 is 1.76 bits per heavy atom. The number of nitrogens with zero attached hydrogens (tertiary/aromatic N) is 2. The lowest BCUT2D eigenvalue weighted by Gasteiger charge is -2.01. The summed E-state index contributed by atoms with van der Waals surface area (Å²) in [6.45, 7) is 1.30. The molecule has 0 amide bonds. The molecule has 0 aliphatic heterocycles. The van der Waals surface area contributed by atoms with Crippen molar-refractivity contribution in [3.63, 3.8) is 0 Å².